The molecule has 0 saturated heterocycles. The molecular weight excluding hydrogens is 325 g/mol. The predicted octanol–water partition coefficient (Wildman–Crippen LogP) is 4.41. The fourth-order valence-electron chi connectivity index (χ4n) is 3.66. The van der Waals surface area contributed by atoms with Gasteiger partial charge in [-0.1, -0.05) is 12.1 Å². The van der Waals surface area contributed by atoms with Crippen LogP contribution in [0, 0.1) is 5.82 Å². The fraction of sp³-hybridized carbons (Fsp3) is 0.263. The number of carbonyl (C=O) groups excluding carboxylic acids is 2. The van der Waals surface area contributed by atoms with E-state index in [-0.39, 0.29) is 29.7 Å². The van der Waals surface area contributed by atoms with Crippen molar-refractivity contribution in [3.8, 4) is 0 Å². The molecule has 0 radical (unpaired) electrons. The number of halogens is 1. The zero-order valence-electron chi connectivity index (χ0n) is 13.0. The Morgan fingerprint density at radius 1 is 1.12 bits per heavy atom. The molecule has 1 atom stereocenters. The van der Waals surface area contributed by atoms with Crippen molar-refractivity contribution in [2.75, 3.05) is 4.90 Å². The van der Waals surface area contributed by atoms with Crippen molar-refractivity contribution in [1.82, 2.24) is 0 Å². The van der Waals surface area contributed by atoms with Gasteiger partial charge in [0.25, 0.3) is 0 Å². The first-order valence-corrected chi connectivity index (χ1v) is 8.97. The topological polar surface area (TPSA) is 37.4 Å². The lowest BCUT2D eigenvalue weighted by Crippen LogP contribution is -2.40. The summed E-state index contributed by atoms with van der Waals surface area (Å²) in [6.45, 7) is 0. The molecule has 0 N–H and O–H groups in total. The van der Waals surface area contributed by atoms with Gasteiger partial charge in [-0.2, -0.15) is 11.3 Å². The number of ketones is 1. The summed E-state index contributed by atoms with van der Waals surface area (Å²) < 4.78 is 14.3. The third kappa shape index (κ3) is 2.40. The fourth-order valence-corrected chi connectivity index (χ4v) is 4.38. The van der Waals surface area contributed by atoms with Crippen LogP contribution in [0.1, 0.15) is 37.2 Å². The molecule has 0 fully saturated rings. The summed E-state index contributed by atoms with van der Waals surface area (Å²) in [5.41, 5.74) is 2.63. The zero-order chi connectivity index (χ0) is 16.7. The maximum Gasteiger partial charge on any atom is 0.232 e. The van der Waals surface area contributed by atoms with E-state index in [1.54, 1.807) is 29.5 Å². The Kier molecular flexibility index (Phi) is 3.81. The summed E-state index contributed by atoms with van der Waals surface area (Å²) in [5.74, 6) is -0.703. The second kappa shape index (κ2) is 5.98. The molecule has 24 heavy (non-hydrogen) atoms. The number of Topliss-reactive ketones (excluding diaryl/α,β-unsaturated/α-hetero) is 1. The lowest BCUT2D eigenvalue weighted by molar-refractivity contribution is -0.120. The molecule has 2 aliphatic rings. The average molecular weight is 341 g/mol. The van der Waals surface area contributed by atoms with E-state index in [2.05, 4.69) is 0 Å². The van der Waals surface area contributed by atoms with E-state index in [0.717, 1.165) is 5.56 Å². The minimum absolute atomic E-state index is 0.0845. The van der Waals surface area contributed by atoms with Crippen molar-refractivity contribution in [3.63, 3.8) is 0 Å². The van der Waals surface area contributed by atoms with Crippen molar-refractivity contribution in [1.29, 1.82) is 0 Å². The Balaban J connectivity index is 1.89. The smallest absolute Gasteiger partial charge is 0.232 e. The molecule has 0 unspecified atom stereocenters. The molecule has 2 heterocycles. The summed E-state index contributed by atoms with van der Waals surface area (Å²) in [6, 6.07) is 8.22. The SMILES string of the molecule is O=C1CCCC2=C1[C@@H](c1ccsc1)CC(=O)N2c1ccccc1F. The van der Waals surface area contributed by atoms with Gasteiger partial charge in [-0.3, -0.25) is 14.5 Å². The number of benzene rings is 1. The van der Waals surface area contributed by atoms with E-state index in [4.69, 9.17) is 0 Å². The van der Waals surface area contributed by atoms with Crippen LogP contribution >= 0.6 is 11.3 Å². The van der Waals surface area contributed by atoms with Gasteiger partial charge >= 0.3 is 0 Å². The first kappa shape index (κ1) is 15.3. The number of hydrogen-bond acceptors (Lipinski definition) is 3. The molecule has 1 aliphatic carbocycles. The number of amides is 1. The summed E-state index contributed by atoms with van der Waals surface area (Å²) in [7, 11) is 0. The Morgan fingerprint density at radius 2 is 1.96 bits per heavy atom. The van der Waals surface area contributed by atoms with Gasteiger partial charge in [-0.25, -0.2) is 4.39 Å². The third-order valence-electron chi connectivity index (χ3n) is 4.71. The Labute approximate surface area is 143 Å². The van der Waals surface area contributed by atoms with Crippen LogP contribution in [0.5, 0.6) is 0 Å². The van der Waals surface area contributed by atoms with Crippen LogP contribution in [0.25, 0.3) is 0 Å². The molecule has 0 spiro atoms. The van der Waals surface area contributed by atoms with Gasteiger partial charge in [-0.05, 0) is 47.4 Å². The third-order valence-corrected chi connectivity index (χ3v) is 5.42. The molecule has 2 aromatic rings. The highest BCUT2D eigenvalue weighted by Crippen LogP contribution is 2.44. The molecule has 1 aromatic carbocycles. The van der Waals surface area contributed by atoms with Crippen LogP contribution in [0.3, 0.4) is 0 Å². The number of allylic oxidation sites excluding steroid dienone is 2. The number of anilines is 1. The molecule has 1 aliphatic heterocycles. The van der Waals surface area contributed by atoms with Gasteiger partial charge < -0.3 is 0 Å². The quantitative estimate of drug-likeness (QED) is 0.811. The number of thiophene rings is 1. The highest BCUT2D eigenvalue weighted by atomic mass is 32.1. The maximum absolute atomic E-state index is 14.3. The van der Waals surface area contributed by atoms with Crippen LogP contribution < -0.4 is 4.90 Å². The van der Waals surface area contributed by atoms with Gasteiger partial charge in [0, 0.05) is 30.0 Å². The maximum atomic E-state index is 14.3. The standard InChI is InChI=1S/C19H16FNO2S/c20-14-4-1-2-5-15(14)21-16-6-3-7-17(22)19(16)13(10-18(21)23)12-8-9-24-11-12/h1-2,4-5,8-9,11,13H,3,6-7,10H2/t13-/m1/s1. The van der Waals surface area contributed by atoms with Gasteiger partial charge in [0.05, 0.1) is 5.69 Å². The summed E-state index contributed by atoms with van der Waals surface area (Å²) in [6.07, 6.45) is 2.03. The van der Waals surface area contributed by atoms with Gasteiger partial charge in [0.1, 0.15) is 5.82 Å². The van der Waals surface area contributed by atoms with E-state index >= 15 is 0 Å². The van der Waals surface area contributed by atoms with Gasteiger partial charge in [-0.15, -0.1) is 0 Å². The van der Waals surface area contributed by atoms with Crippen molar-refractivity contribution < 1.29 is 14.0 Å². The summed E-state index contributed by atoms with van der Waals surface area (Å²) in [5, 5.41) is 3.94. The monoisotopic (exact) mass is 341 g/mol. The first-order chi connectivity index (χ1) is 11.7. The van der Waals surface area contributed by atoms with Crippen LogP contribution in [0.4, 0.5) is 10.1 Å². The number of nitrogens with zero attached hydrogens (tertiary/aromatic N) is 1. The number of rotatable bonds is 2. The van der Waals surface area contributed by atoms with Crippen LogP contribution in [-0.2, 0) is 9.59 Å². The van der Waals surface area contributed by atoms with Crippen molar-refractivity contribution in [2.24, 2.45) is 0 Å². The minimum Gasteiger partial charge on any atom is -0.294 e. The normalized spacial score (nSPS) is 21.2. The Hall–Kier alpha value is -2.27. The van der Waals surface area contributed by atoms with Gasteiger partial charge in [0.2, 0.25) is 5.91 Å². The number of hydrogen-bond donors (Lipinski definition) is 0. The largest absolute Gasteiger partial charge is 0.294 e. The lowest BCUT2D eigenvalue weighted by Gasteiger charge is -2.38. The molecule has 5 heteroatoms. The van der Waals surface area contributed by atoms with Crippen molar-refractivity contribution in [3.05, 3.63) is 63.7 Å². The average Bonchev–Trinajstić information content (AvgIpc) is 3.10. The van der Waals surface area contributed by atoms with Crippen molar-refractivity contribution >= 4 is 28.7 Å². The molecule has 1 amide bonds. The predicted molar refractivity (Wildman–Crippen MR) is 91.4 cm³/mol. The highest BCUT2D eigenvalue weighted by Gasteiger charge is 2.40. The molecule has 0 saturated carbocycles. The Bertz CT molecular complexity index is 841. The second-order valence-corrected chi connectivity index (χ2v) is 6.91. The van der Waals surface area contributed by atoms with E-state index in [1.807, 2.05) is 16.8 Å². The van der Waals surface area contributed by atoms with Crippen molar-refractivity contribution in [2.45, 2.75) is 31.6 Å². The Morgan fingerprint density at radius 3 is 2.71 bits per heavy atom. The molecule has 3 nitrogen and oxygen atoms in total. The van der Waals surface area contributed by atoms with Crippen LogP contribution in [-0.4, -0.2) is 11.7 Å². The molecule has 1 aromatic heterocycles. The summed E-state index contributed by atoms with van der Waals surface area (Å²) >= 11 is 1.56. The van der Waals surface area contributed by atoms with Crippen LogP contribution in [0.2, 0.25) is 0 Å². The molecular formula is C19H16FNO2S. The van der Waals surface area contributed by atoms with Crippen LogP contribution in [0.15, 0.2) is 52.4 Å². The first-order valence-electron chi connectivity index (χ1n) is 8.02. The number of carbonyl (C=O) groups is 2. The molecule has 4 rings (SSSR count). The number of para-hydroxylation sites is 1. The minimum atomic E-state index is -0.440. The van der Waals surface area contributed by atoms with E-state index in [1.165, 1.54) is 11.0 Å². The lowest BCUT2D eigenvalue weighted by atomic mass is 9.78. The van der Waals surface area contributed by atoms with E-state index < -0.39 is 5.82 Å². The molecule has 122 valence electrons. The summed E-state index contributed by atoms with van der Waals surface area (Å²) in [4.78, 5) is 26.9. The molecule has 0 bridgehead atoms. The van der Waals surface area contributed by atoms with E-state index in [0.29, 0.717) is 30.5 Å². The van der Waals surface area contributed by atoms with E-state index in [9.17, 15) is 14.0 Å². The van der Waals surface area contributed by atoms with Gasteiger partial charge in [0.15, 0.2) is 5.78 Å². The zero-order valence-corrected chi connectivity index (χ0v) is 13.8. The second-order valence-electron chi connectivity index (χ2n) is 6.13. The highest BCUT2D eigenvalue weighted by molar-refractivity contribution is 7.08.